The third-order valence-electron chi connectivity index (χ3n) is 2.32. The Hall–Kier alpha value is -1.69. The van der Waals surface area contributed by atoms with E-state index in [1.54, 1.807) is 0 Å². The first-order valence-corrected chi connectivity index (χ1v) is 6.15. The molecule has 0 amide bonds. The minimum Gasteiger partial charge on any atom is -0.481 e. The fourth-order valence-electron chi connectivity index (χ4n) is 1.62. The molecular formula is C11H12N2O3S. The van der Waals surface area contributed by atoms with Gasteiger partial charge in [0.1, 0.15) is 17.1 Å². The van der Waals surface area contributed by atoms with Crippen molar-refractivity contribution in [1.29, 1.82) is 0 Å². The van der Waals surface area contributed by atoms with E-state index in [0.29, 0.717) is 10.2 Å². The van der Waals surface area contributed by atoms with E-state index in [-0.39, 0.29) is 17.8 Å². The summed E-state index contributed by atoms with van der Waals surface area (Å²) in [4.78, 5) is 30.7. The molecule has 2 aromatic rings. The molecule has 2 aromatic heterocycles. The van der Waals surface area contributed by atoms with Gasteiger partial charge in [-0.2, -0.15) is 0 Å². The lowest BCUT2D eigenvalue weighted by Crippen LogP contribution is -2.13. The number of carboxylic acids is 1. The molecule has 90 valence electrons. The van der Waals surface area contributed by atoms with Crippen LogP contribution in [0.2, 0.25) is 0 Å². The molecule has 0 bridgehead atoms. The minimum atomic E-state index is -1.00. The molecule has 0 aliphatic carbocycles. The lowest BCUT2D eigenvalue weighted by molar-refractivity contribution is -0.136. The van der Waals surface area contributed by atoms with Crippen LogP contribution in [0.15, 0.2) is 10.9 Å². The summed E-state index contributed by atoms with van der Waals surface area (Å²) in [6, 6.07) is 1.83. The number of rotatable bonds is 4. The molecule has 6 heteroatoms. The van der Waals surface area contributed by atoms with E-state index in [1.807, 2.05) is 6.07 Å². The third kappa shape index (κ3) is 2.52. The number of aromatic amines is 1. The molecular weight excluding hydrogens is 240 g/mol. The SMILES string of the molecule is CCCc1cc2c(=O)[nH]c(CC(=O)O)nc2s1. The highest BCUT2D eigenvalue weighted by Gasteiger charge is 2.10. The summed E-state index contributed by atoms with van der Waals surface area (Å²) in [6.45, 7) is 2.07. The van der Waals surface area contributed by atoms with Crippen LogP contribution in [0, 0.1) is 0 Å². The van der Waals surface area contributed by atoms with Gasteiger partial charge in [0, 0.05) is 4.88 Å². The van der Waals surface area contributed by atoms with Crippen LogP contribution in [-0.2, 0) is 17.6 Å². The zero-order valence-corrected chi connectivity index (χ0v) is 10.1. The fraction of sp³-hybridized carbons (Fsp3) is 0.364. The van der Waals surface area contributed by atoms with Crippen molar-refractivity contribution in [2.45, 2.75) is 26.2 Å². The van der Waals surface area contributed by atoms with Crippen LogP contribution in [0.1, 0.15) is 24.0 Å². The van der Waals surface area contributed by atoms with Gasteiger partial charge in [0.05, 0.1) is 5.39 Å². The Morgan fingerprint density at radius 1 is 1.59 bits per heavy atom. The van der Waals surface area contributed by atoms with Crippen molar-refractivity contribution in [1.82, 2.24) is 9.97 Å². The van der Waals surface area contributed by atoms with Crippen LogP contribution in [-0.4, -0.2) is 21.0 Å². The molecule has 0 spiro atoms. The van der Waals surface area contributed by atoms with Gasteiger partial charge < -0.3 is 10.1 Å². The summed E-state index contributed by atoms with van der Waals surface area (Å²) in [5, 5.41) is 9.21. The van der Waals surface area contributed by atoms with Gasteiger partial charge in [0.15, 0.2) is 0 Å². The fourth-order valence-corrected chi connectivity index (χ4v) is 2.77. The Morgan fingerprint density at radius 2 is 2.35 bits per heavy atom. The first kappa shape index (κ1) is 11.8. The smallest absolute Gasteiger partial charge is 0.311 e. The number of thiophene rings is 1. The summed E-state index contributed by atoms with van der Waals surface area (Å²) >= 11 is 1.45. The molecule has 0 atom stereocenters. The minimum absolute atomic E-state index is 0.208. The maximum absolute atomic E-state index is 11.7. The number of hydrogen-bond donors (Lipinski definition) is 2. The van der Waals surface area contributed by atoms with Crippen molar-refractivity contribution >= 4 is 27.5 Å². The summed E-state index contributed by atoms with van der Waals surface area (Å²) in [6.07, 6.45) is 1.66. The number of nitrogens with one attached hydrogen (secondary N) is 1. The van der Waals surface area contributed by atoms with Gasteiger partial charge in [-0.1, -0.05) is 13.3 Å². The lowest BCUT2D eigenvalue weighted by Gasteiger charge is -1.95. The van der Waals surface area contributed by atoms with E-state index in [2.05, 4.69) is 16.9 Å². The molecule has 2 heterocycles. The molecule has 0 saturated heterocycles. The first-order valence-electron chi connectivity index (χ1n) is 5.33. The van der Waals surface area contributed by atoms with Crippen molar-refractivity contribution in [3.8, 4) is 0 Å². The highest BCUT2D eigenvalue weighted by atomic mass is 32.1. The molecule has 2 N–H and O–H groups in total. The Kier molecular flexibility index (Phi) is 3.23. The van der Waals surface area contributed by atoms with Crippen LogP contribution in [0.25, 0.3) is 10.2 Å². The molecule has 2 rings (SSSR count). The van der Waals surface area contributed by atoms with Gasteiger partial charge in [0.25, 0.3) is 5.56 Å². The van der Waals surface area contributed by atoms with Crippen LogP contribution < -0.4 is 5.56 Å². The average Bonchev–Trinajstić information content (AvgIpc) is 2.60. The third-order valence-corrected chi connectivity index (χ3v) is 3.41. The molecule has 0 aliphatic rings. The van der Waals surface area contributed by atoms with Gasteiger partial charge in [-0.05, 0) is 12.5 Å². The van der Waals surface area contributed by atoms with Gasteiger partial charge in [0.2, 0.25) is 0 Å². The van der Waals surface area contributed by atoms with E-state index in [1.165, 1.54) is 11.3 Å². The van der Waals surface area contributed by atoms with E-state index < -0.39 is 5.97 Å². The van der Waals surface area contributed by atoms with Crippen LogP contribution >= 0.6 is 11.3 Å². The van der Waals surface area contributed by atoms with Crippen molar-refractivity contribution in [2.75, 3.05) is 0 Å². The van der Waals surface area contributed by atoms with Gasteiger partial charge >= 0.3 is 5.97 Å². The summed E-state index contributed by atoms with van der Waals surface area (Å²) in [5.74, 6) is -0.794. The Balaban J connectivity index is 2.49. The number of aryl methyl sites for hydroxylation is 1. The van der Waals surface area contributed by atoms with Crippen LogP contribution in [0.5, 0.6) is 0 Å². The highest BCUT2D eigenvalue weighted by Crippen LogP contribution is 2.22. The molecule has 0 radical (unpaired) electrons. The maximum Gasteiger partial charge on any atom is 0.311 e. The second kappa shape index (κ2) is 4.67. The molecule has 17 heavy (non-hydrogen) atoms. The quantitative estimate of drug-likeness (QED) is 0.865. The number of H-pyrrole nitrogens is 1. The Bertz CT molecular complexity index is 615. The summed E-state index contributed by atoms with van der Waals surface area (Å²) in [7, 11) is 0. The second-order valence-corrected chi connectivity index (χ2v) is 4.88. The predicted molar refractivity (Wildman–Crippen MR) is 65.6 cm³/mol. The Morgan fingerprint density at radius 3 is 3.00 bits per heavy atom. The van der Waals surface area contributed by atoms with Gasteiger partial charge in [-0.25, -0.2) is 4.98 Å². The van der Waals surface area contributed by atoms with Crippen LogP contribution in [0.3, 0.4) is 0 Å². The molecule has 0 fully saturated rings. The predicted octanol–water partition coefficient (Wildman–Crippen LogP) is 1.56. The number of fused-ring (bicyclic) bond motifs is 1. The average molecular weight is 252 g/mol. The number of nitrogens with zero attached hydrogens (tertiary/aromatic N) is 1. The number of carbonyl (C=O) groups is 1. The van der Waals surface area contributed by atoms with Gasteiger partial charge in [-0.3, -0.25) is 9.59 Å². The van der Waals surface area contributed by atoms with E-state index >= 15 is 0 Å². The van der Waals surface area contributed by atoms with E-state index in [0.717, 1.165) is 17.7 Å². The second-order valence-electron chi connectivity index (χ2n) is 3.76. The molecule has 0 saturated carbocycles. The Labute approximate surface area is 101 Å². The molecule has 0 aromatic carbocycles. The standard InChI is InChI=1S/C11H12N2O3S/c1-2-3-6-4-7-10(16)12-8(5-9(14)15)13-11(7)17-6/h4H,2-3,5H2,1H3,(H,14,15)(H,12,13,16). The molecule has 0 aliphatic heterocycles. The van der Waals surface area contributed by atoms with E-state index in [9.17, 15) is 9.59 Å². The molecule has 5 nitrogen and oxygen atoms in total. The zero-order valence-electron chi connectivity index (χ0n) is 9.32. The normalized spacial score (nSPS) is 10.9. The number of hydrogen-bond acceptors (Lipinski definition) is 4. The van der Waals surface area contributed by atoms with Crippen molar-refractivity contribution < 1.29 is 9.90 Å². The zero-order chi connectivity index (χ0) is 12.4. The monoisotopic (exact) mass is 252 g/mol. The number of aromatic nitrogens is 2. The molecule has 0 unspecified atom stereocenters. The maximum atomic E-state index is 11.7. The van der Waals surface area contributed by atoms with E-state index in [4.69, 9.17) is 5.11 Å². The highest BCUT2D eigenvalue weighted by molar-refractivity contribution is 7.18. The van der Waals surface area contributed by atoms with Crippen molar-refractivity contribution in [3.05, 3.63) is 27.1 Å². The van der Waals surface area contributed by atoms with Crippen LogP contribution in [0.4, 0.5) is 0 Å². The summed E-state index contributed by atoms with van der Waals surface area (Å²) in [5.41, 5.74) is -0.259. The van der Waals surface area contributed by atoms with Gasteiger partial charge in [-0.15, -0.1) is 11.3 Å². The topological polar surface area (TPSA) is 83.0 Å². The number of aliphatic carboxylic acids is 1. The lowest BCUT2D eigenvalue weighted by atomic mass is 10.2. The first-order chi connectivity index (χ1) is 8.10. The van der Waals surface area contributed by atoms with Crippen molar-refractivity contribution in [3.63, 3.8) is 0 Å². The largest absolute Gasteiger partial charge is 0.481 e. The van der Waals surface area contributed by atoms with Crippen molar-refractivity contribution in [2.24, 2.45) is 0 Å². The summed E-state index contributed by atoms with van der Waals surface area (Å²) < 4.78 is 0. The number of carboxylic acid groups (broad SMARTS) is 1.